The van der Waals surface area contributed by atoms with Crippen LogP contribution in [0.1, 0.15) is 27.9 Å². The zero-order valence-corrected chi connectivity index (χ0v) is 24.1. The number of Topliss-reactive ketones (excluding diaryl/α,β-unsaturated/α-hetero) is 4. The Morgan fingerprint density at radius 2 is 1.70 bits per heavy atom. The van der Waals surface area contributed by atoms with Crippen molar-refractivity contribution in [3.05, 3.63) is 71.3 Å². The van der Waals surface area contributed by atoms with Crippen molar-refractivity contribution in [2.24, 2.45) is 29.4 Å². The largest absolute Gasteiger partial charge is 0.507 e. The maximum atomic E-state index is 14.0. The standard InChI is InChI=1S/C33H33N3O7/c1-35(2)26-22-14-19-13-18-12-17-10-9-16(15-36(3)20-7-5-4-6-8-20)11-21(17)27(37)23(18)28(38)24(19)30(40)33(22,43)31(41)25(29(26)39)32(34)42/h4-12,19,22,24-26,37,43H,13-15H2,1-3H3,(H2,34,42). The number of anilines is 1. The number of phenols is 1. The van der Waals surface area contributed by atoms with Crippen molar-refractivity contribution in [3.63, 3.8) is 0 Å². The summed E-state index contributed by atoms with van der Waals surface area (Å²) in [6, 6.07) is 16.2. The molecule has 6 atom stereocenters. The number of likely N-dealkylation sites (N-methyl/N-ethyl adjacent to an activating group) is 1. The predicted molar refractivity (Wildman–Crippen MR) is 157 cm³/mol. The van der Waals surface area contributed by atoms with Crippen molar-refractivity contribution < 1.29 is 34.2 Å². The third kappa shape index (κ3) is 4.19. The molecule has 222 valence electrons. The van der Waals surface area contributed by atoms with E-state index in [1.807, 2.05) is 61.6 Å². The summed E-state index contributed by atoms with van der Waals surface area (Å²) in [5.41, 5.74) is 5.11. The van der Waals surface area contributed by atoms with Crippen molar-refractivity contribution in [3.8, 4) is 5.75 Å². The lowest BCUT2D eigenvalue weighted by Crippen LogP contribution is -2.74. The molecule has 0 aliphatic heterocycles. The molecule has 0 spiro atoms. The summed E-state index contributed by atoms with van der Waals surface area (Å²) in [5.74, 6) is -10.4. The second kappa shape index (κ2) is 10.1. The van der Waals surface area contributed by atoms with Crippen molar-refractivity contribution in [2.75, 3.05) is 26.0 Å². The third-order valence-corrected chi connectivity index (χ3v) is 9.55. The molecule has 0 radical (unpaired) electrons. The van der Waals surface area contributed by atoms with Crippen molar-refractivity contribution in [1.29, 1.82) is 0 Å². The van der Waals surface area contributed by atoms with E-state index < -0.39 is 64.4 Å². The van der Waals surface area contributed by atoms with Crippen LogP contribution in [0.4, 0.5) is 5.69 Å². The maximum Gasteiger partial charge on any atom is 0.235 e. The van der Waals surface area contributed by atoms with Crippen LogP contribution in [-0.2, 0) is 32.1 Å². The Labute approximate surface area is 248 Å². The van der Waals surface area contributed by atoms with E-state index in [9.17, 15) is 34.2 Å². The fourth-order valence-corrected chi connectivity index (χ4v) is 7.57. The Kier molecular flexibility index (Phi) is 6.74. The number of nitrogens with zero attached hydrogens (tertiary/aromatic N) is 2. The van der Waals surface area contributed by atoms with Gasteiger partial charge < -0.3 is 20.8 Å². The average Bonchev–Trinajstić information content (AvgIpc) is 2.95. The number of aliphatic hydroxyl groups is 1. The Morgan fingerprint density at radius 3 is 2.35 bits per heavy atom. The number of para-hydroxylation sites is 1. The SMILES string of the molecule is CN(Cc1ccc2cc3c(c(O)c2c1)C(=O)C1C(=O)C2(O)C(=O)C(C(N)=O)C(=O)C(N(C)C)C2CC1C3)c1ccccc1. The molecule has 10 heteroatoms. The molecule has 2 saturated carbocycles. The summed E-state index contributed by atoms with van der Waals surface area (Å²) in [5, 5.41) is 24.4. The van der Waals surface area contributed by atoms with Gasteiger partial charge in [0.15, 0.2) is 34.7 Å². The highest BCUT2D eigenvalue weighted by molar-refractivity contribution is 6.32. The zero-order valence-electron chi connectivity index (χ0n) is 24.1. The summed E-state index contributed by atoms with van der Waals surface area (Å²) in [6.45, 7) is 0.539. The number of rotatable bonds is 5. The summed E-state index contributed by atoms with van der Waals surface area (Å²) < 4.78 is 0. The fraction of sp³-hybridized carbons (Fsp3) is 0.364. The van der Waals surface area contributed by atoms with E-state index in [2.05, 4.69) is 4.90 Å². The number of phenolic OH excluding ortho intramolecular Hbond substituents is 1. The minimum Gasteiger partial charge on any atom is -0.507 e. The van der Waals surface area contributed by atoms with E-state index in [1.54, 1.807) is 14.1 Å². The van der Waals surface area contributed by atoms with Crippen molar-refractivity contribution >= 4 is 45.5 Å². The highest BCUT2D eigenvalue weighted by Gasteiger charge is 2.69. The molecule has 6 unspecified atom stereocenters. The van der Waals surface area contributed by atoms with Gasteiger partial charge in [-0.1, -0.05) is 36.4 Å². The minimum atomic E-state index is -2.74. The topological polar surface area (TPSA) is 158 Å². The number of carbonyl (C=O) groups is 5. The molecule has 2 fully saturated rings. The highest BCUT2D eigenvalue weighted by atomic mass is 16.3. The number of ketones is 4. The molecule has 3 aliphatic carbocycles. The van der Waals surface area contributed by atoms with E-state index in [4.69, 9.17) is 5.73 Å². The van der Waals surface area contributed by atoms with E-state index >= 15 is 0 Å². The number of aromatic hydroxyl groups is 1. The minimum absolute atomic E-state index is 0.00680. The lowest BCUT2D eigenvalue weighted by molar-refractivity contribution is -0.181. The van der Waals surface area contributed by atoms with Gasteiger partial charge in [-0.15, -0.1) is 0 Å². The number of carbonyl (C=O) groups excluding carboxylic acids is 5. The van der Waals surface area contributed by atoms with Crippen molar-refractivity contribution in [1.82, 2.24) is 4.90 Å². The number of hydrogen-bond donors (Lipinski definition) is 3. The van der Waals surface area contributed by atoms with E-state index in [1.165, 1.54) is 4.90 Å². The van der Waals surface area contributed by atoms with Crippen LogP contribution in [-0.4, -0.2) is 76.9 Å². The van der Waals surface area contributed by atoms with Gasteiger partial charge in [0.1, 0.15) is 5.75 Å². The summed E-state index contributed by atoms with van der Waals surface area (Å²) in [6.07, 6.45) is 0.251. The summed E-state index contributed by atoms with van der Waals surface area (Å²) in [7, 11) is 5.07. The molecule has 6 rings (SSSR count). The Bertz CT molecular complexity index is 1720. The van der Waals surface area contributed by atoms with Crippen LogP contribution in [0.3, 0.4) is 0 Å². The summed E-state index contributed by atoms with van der Waals surface area (Å²) >= 11 is 0. The van der Waals surface area contributed by atoms with Crippen LogP contribution in [0, 0.1) is 23.7 Å². The second-order valence-corrected chi connectivity index (χ2v) is 12.3. The molecule has 0 aromatic heterocycles. The van der Waals surface area contributed by atoms with Gasteiger partial charge in [0.2, 0.25) is 5.91 Å². The predicted octanol–water partition coefficient (Wildman–Crippen LogP) is 1.66. The fourth-order valence-electron chi connectivity index (χ4n) is 7.57. The van der Waals surface area contributed by atoms with Crippen LogP contribution >= 0.6 is 0 Å². The Balaban J connectivity index is 1.40. The van der Waals surface area contributed by atoms with Crippen molar-refractivity contribution in [2.45, 2.75) is 31.0 Å². The molecule has 0 bridgehead atoms. The van der Waals surface area contributed by atoms with Gasteiger partial charge in [-0.2, -0.15) is 0 Å². The molecule has 3 aromatic rings. The average molecular weight is 584 g/mol. The summed E-state index contributed by atoms with van der Waals surface area (Å²) in [4.78, 5) is 70.4. The molecule has 1 amide bonds. The third-order valence-electron chi connectivity index (χ3n) is 9.55. The first-order valence-electron chi connectivity index (χ1n) is 14.2. The molecular formula is C33H33N3O7. The molecule has 43 heavy (non-hydrogen) atoms. The van der Waals surface area contributed by atoms with Gasteiger partial charge in [0.25, 0.3) is 0 Å². The molecule has 3 aliphatic rings. The number of amides is 1. The monoisotopic (exact) mass is 583 g/mol. The Morgan fingerprint density at radius 1 is 1.00 bits per heavy atom. The zero-order chi connectivity index (χ0) is 31.0. The molecule has 0 saturated heterocycles. The quantitative estimate of drug-likeness (QED) is 0.380. The van der Waals surface area contributed by atoms with Crippen LogP contribution in [0.15, 0.2) is 54.6 Å². The van der Waals surface area contributed by atoms with Crippen LogP contribution < -0.4 is 10.6 Å². The van der Waals surface area contributed by atoms with Gasteiger partial charge in [-0.3, -0.25) is 28.9 Å². The molecule has 10 nitrogen and oxygen atoms in total. The lowest BCUT2D eigenvalue weighted by Gasteiger charge is -2.52. The number of fused-ring (bicyclic) bond motifs is 4. The molecular weight excluding hydrogens is 550 g/mol. The number of hydrogen-bond acceptors (Lipinski definition) is 9. The molecule has 0 heterocycles. The van der Waals surface area contributed by atoms with E-state index in [0.29, 0.717) is 17.5 Å². The number of benzene rings is 3. The first kappa shape index (κ1) is 28.7. The molecule has 3 aromatic carbocycles. The maximum absolute atomic E-state index is 14.0. The normalized spacial score (nSPS) is 28.4. The van der Waals surface area contributed by atoms with Crippen LogP contribution in [0.2, 0.25) is 0 Å². The van der Waals surface area contributed by atoms with Gasteiger partial charge in [0, 0.05) is 30.6 Å². The van der Waals surface area contributed by atoms with Gasteiger partial charge in [-0.25, -0.2) is 0 Å². The van der Waals surface area contributed by atoms with E-state index in [0.717, 1.165) is 16.6 Å². The lowest BCUT2D eigenvalue weighted by atomic mass is 9.52. The van der Waals surface area contributed by atoms with E-state index in [-0.39, 0.29) is 24.2 Å². The highest BCUT2D eigenvalue weighted by Crippen LogP contribution is 2.51. The second-order valence-electron chi connectivity index (χ2n) is 12.3. The Hall–Kier alpha value is -4.41. The van der Waals surface area contributed by atoms with Gasteiger partial charge in [0.05, 0.1) is 17.5 Å². The van der Waals surface area contributed by atoms with Gasteiger partial charge in [-0.05, 0) is 67.6 Å². The number of primary amides is 1. The van der Waals surface area contributed by atoms with Crippen LogP contribution in [0.25, 0.3) is 10.8 Å². The van der Waals surface area contributed by atoms with Gasteiger partial charge >= 0.3 is 0 Å². The van der Waals surface area contributed by atoms with Crippen LogP contribution in [0.5, 0.6) is 5.75 Å². The first-order valence-corrected chi connectivity index (χ1v) is 14.2. The number of nitrogens with two attached hydrogens (primary N) is 1. The smallest absolute Gasteiger partial charge is 0.235 e. The first-order chi connectivity index (χ1) is 20.4. The molecule has 4 N–H and O–H groups in total.